The summed E-state index contributed by atoms with van der Waals surface area (Å²) in [5, 5.41) is 12.7. The van der Waals surface area contributed by atoms with Crippen molar-refractivity contribution in [3.63, 3.8) is 0 Å². The SMILES string of the molecule is Cc1cc(OCC(O)CNCCC(F)(F)F)ccc1Cl. The molecule has 0 aliphatic heterocycles. The highest BCUT2D eigenvalue weighted by molar-refractivity contribution is 6.31. The third kappa shape index (κ3) is 6.98. The molecule has 0 aliphatic carbocycles. The number of alkyl halides is 3. The summed E-state index contributed by atoms with van der Waals surface area (Å²) in [6.07, 6.45) is -5.98. The van der Waals surface area contributed by atoms with E-state index in [1.54, 1.807) is 18.2 Å². The van der Waals surface area contributed by atoms with Crippen LogP contribution in [0.15, 0.2) is 18.2 Å². The normalized spacial score (nSPS) is 13.3. The van der Waals surface area contributed by atoms with Gasteiger partial charge in [-0.2, -0.15) is 13.2 Å². The molecule has 0 radical (unpaired) electrons. The third-order valence-electron chi connectivity index (χ3n) is 2.54. The molecule has 0 fully saturated rings. The first-order valence-corrected chi connectivity index (χ1v) is 6.50. The minimum atomic E-state index is -4.19. The van der Waals surface area contributed by atoms with Gasteiger partial charge in [-0.3, -0.25) is 0 Å². The molecule has 3 nitrogen and oxygen atoms in total. The lowest BCUT2D eigenvalue weighted by Crippen LogP contribution is -2.33. The number of hydrogen-bond donors (Lipinski definition) is 2. The second-order valence-electron chi connectivity index (χ2n) is 4.45. The first kappa shape index (κ1) is 17.1. The Kier molecular flexibility index (Phi) is 6.58. The maximum Gasteiger partial charge on any atom is 0.390 e. The van der Waals surface area contributed by atoms with Gasteiger partial charge in [0.05, 0.1) is 6.42 Å². The fourth-order valence-corrected chi connectivity index (χ4v) is 1.57. The highest BCUT2D eigenvalue weighted by Crippen LogP contribution is 2.21. The Morgan fingerprint density at radius 3 is 2.70 bits per heavy atom. The summed E-state index contributed by atoms with van der Waals surface area (Å²) < 4.78 is 41.0. The van der Waals surface area contributed by atoms with Crippen molar-refractivity contribution in [3.8, 4) is 5.75 Å². The molecule has 0 amide bonds. The maximum atomic E-state index is 11.9. The summed E-state index contributed by atoms with van der Waals surface area (Å²) in [4.78, 5) is 0. The standard InChI is InChI=1S/C13H17ClF3NO2/c1-9-6-11(2-3-12(9)14)20-8-10(19)7-18-5-4-13(15,16)17/h2-3,6,10,18-19H,4-5,7-8H2,1H3. The van der Waals surface area contributed by atoms with Gasteiger partial charge in [0.15, 0.2) is 0 Å². The summed E-state index contributed by atoms with van der Waals surface area (Å²) in [5.74, 6) is 0.557. The Hall–Kier alpha value is -0.980. The van der Waals surface area contributed by atoms with Gasteiger partial charge in [-0.05, 0) is 30.7 Å². The number of rotatable bonds is 7. The van der Waals surface area contributed by atoms with E-state index in [2.05, 4.69) is 5.32 Å². The minimum absolute atomic E-state index is 0.0000895. The molecule has 0 aromatic heterocycles. The molecule has 0 saturated heterocycles. The van der Waals surface area contributed by atoms with Crippen LogP contribution in [0.5, 0.6) is 5.75 Å². The number of aliphatic hydroxyl groups is 1. The lowest BCUT2D eigenvalue weighted by molar-refractivity contribution is -0.133. The van der Waals surface area contributed by atoms with Crippen molar-refractivity contribution in [2.75, 3.05) is 19.7 Å². The van der Waals surface area contributed by atoms with Gasteiger partial charge >= 0.3 is 6.18 Å². The zero-order chi connectivity index (χ0) is 15.2. The minimum Gasteiger partial charge on any atom is -0.491 e. The first-order valence-electron chi connectivity index (χ1n) is 6.12. The van der Waals surface area contributed by atoms with Gasteiger partial charge in [-0.15, -0.1) is 0 Å². The summed E-state index contributed by atoms with van der Waals surface area (Å²) in [7, 11) is 0. The van der Waals surface area contributed by atoms with Crippen LogP contribution in [0.2, 0.25) is 5.02 Å². The topological polar surface area (TPSA) is 41.5 Å². The van der Waals surface area contributed by atoms with Crippen molar-refractivity contribution in [3.05, 3.63) is 28.8 Å². The molecular formula is C13H17ClF3NO2. The molecule has 2 N–H and O–H groups in total. The summed E-state index contributed by atoms with van der Waals surface area (Å²) in [5.41, 5.74) is 0.849. The predicted octanol–water partition coefficient (Wildman–Crippen LogP) is 2.93. The van der Waals surface area contributed by atoms with Crippen molar-refractivity contribution in [1.29, 1.82) is 0 Å². The van der Waals surface area contributed by atoms with Gasteiger partial charge < -0.3 is 15.2 Å². The molecule has 1 rings (SSSR count). The van der Waals surface area contributed by atoms with E-state index in [9.17, 15) is 18.3 Å². The van der Waals surface area contributed by atoms with E-state index in [1.165, 1.54) is 0 Å². The summed E-state index contributed by atoms with van der Waals surface area (Å²) in [6, 6.07) is 5.07. The van der Waals surface area contributed by atoms with E-state index >= 15 is 0 Å². The van der Waals surface area contributed by atoms with Crippen LogP contribution >= 0.6 is 11.6 Å². The van der Waals surface area contributed by atoms with Crippen LogP contribution in [0.4, 0.5) is 13.2 Å². The van der Waals surface area contributed by atoms with Crippen LogP contribution in [0, 0.1) is 6.92 Å². The Balaban J connectivity index is 2.22. The number of benzene rings is 1. The zero-order valence-corrected chi connectivity index (χ0v) is 11.8. The molecular weight excluding hydrogens is 295 g/mol. The monoisotopic (exact) mass is 311 g/mol. The Morgan fingerprint density at radius 2 is 2.10 bits per heavy atom. The van der Waals surface area contributed by atoms with Crippen LogP contribution in [0.3, 0.4) is 0 Å². The molecule has 0 saturated carbocycles. The summed E-state index contributed by atoms with van der Waals surface area (Å²) in [6.45, 7) is 1.65. The smallest absolute Gasteiger partial charge is 0.390 e. The molecule has 1 aromatic rings. The molecule has 114 valence electrons. The van der Waals surface area contributed by atoms with Gasteiger partial charge in [0.25, 0.3) is 0 Å². The first-order chi connectivity index (χ1) is 9.28. The van der Waals surface area contributed by atoms with E-state index in [0.717, 1.165) is 5.56 Å². The molecule has 20 heavy (non-hydrogen) atoms. The summed E-state index contributed by atoms with van der Waals surface area (Å²) >= 11 is 5.86. The fraction of sp³-hybridized carbons (Fsp3) is 0.538. The molecule has 0 spiro atoms. The Morgan fingerprint density at radius 1 is 1.40 bits per heavy atom. The van der Waals surface area contributed by atoms with Crippen molar-refractivity contribution < 1.29 is 23.0 Å². The van der Waals surface area contributed by atoms with Crippen molar-refractivity contribution in [2.45, 2.75) is 25.6 Å². The van der Waals surface area contributed by atoms with Crippen LogP contribution in [0.1, 0.15) is 12.0 Å². The average Bonchev–Trinajstić information content (AvgIpc) is 2.35. The fourth-order valence-electron chi connectivity index (χ4n) is 1.46. The van der Waals surface area contributed by atoms with E-state index in [-0.39, 0.29) is 19.7 Å². The van der Waals surface area contributed by atoms with Crippen LogP contribution in [-0.4, -0.2) is 37.1 Å². The second-order valence-corrected chi connectivity index (χ2v) is 4.85. The van der Waals surface area contributed by atoms with E-state index in [4.69, 9.17) is 16.3 Å². The number of aliphatic hydroxyl groups excluding tert-OH is 1. The van der Waals surface area contributed by atoms with Crippen LogP contribution in [-0.2, 0) is 0 Å². The van der Waals surface area contributed by atoms with E-state index in [1.807, 2.05) is 6.92 Å². The number of aryl methyl sites for hydroxylation is 1. The predicted molar refractivity (Wildman–Crippen MR) is 71.2 cm³/mol. The molecule has 0 heterocycles. The average molecular weight is 312 g/mol. The lowest BCUT2D eigenvalue weighted by atomic mass is 10.2. The van der Waals surface area contributed by atoms with Crippen molar-refractivity contribution in [2.24, 2.45) is 0 Å². The second kappa shape index (κ2) is 7.71. The molecule has 1 atom stereocenters. The highest BCUT2D eigenvalue weighted by atomic mass is 35.5. The third-order valence-corrected chi connectivity index (χ3v) is 2.96. The van der Waals surface area contributed by atoms with Gasteiger partial charge in [-0.1, -0.05) is 11.6 Å². The van der Waals surface area contributed by atoms with Crippen molar-refractivity contribution in [1.82, 2.24) is 5.32 Å². The van der Waals surface area contributed by atoms with Gasteiger partial charge in [0.1, 0.15) is 18.5 Å². The number of ether oxygens (including phenoxy) is 1. The van der Waals surface area contributed by atoms with Gasteiger partial charge in [0, 0.05) is 18.1 Å². The molecule has 0 bridgehead atoms. The molecule has 1 unspecified atom stereocenters. The number of halogens is 4. The molecule has 7 heteroatoms. The number of hydrogen-bond acceptors (Lipinski definition) is 3. The quantitative estimate of drug-likeness (QED) is 0.761. The Bertz CT molecular complexity index is 427. The Labute approximate surface area is 120 Å². The van der Waals surface area contributed by atoms with E-state index in [0.29, 0.717) is 10.8 Å². The molecule has 0 aliphatic rings. The molecule has 1 aromatic carbocycles. The number of nitrogens with one attached hydrogen (secondary N) is 1. The van der Waals surface area contributed by atoms with Crippen LogP contribution < -0.4 is 10.1 Å². The van der Waals surface area contributed by atoms with Gasteiger partial charge in [-0.25, -0.2) is 0 Å². The highest BCUT2D eigenvalue weighted by Gasteiger charge is 2.26. The van der Waals surface area contributed by atoms with Crippen LogP contribution in [0.25, 0.3) is 0 Å². The maximum absolute atomic E-state index is 11.9. The van der Waals surface area contributed by atoms with E-state index < -0.39 is 18.7 Å². The lowest BCUT2D eigenvalue weighted by Gasteiger charge is -2.14. The largest absolute Gasteiger partial charge is 0.491 e. The van der Waals surface area contributed by atoms with Crippen molar-refractivity contribution >= 4 is 11.6 Å². The zero-order valence-electron chi connectivity index (χ0n) is 11.0. The van der Waals surface area contributed by atoms with Gasteiger partial charge in [0.2, 0.25) is 0 Å².